The first-order valence-corrected chi connectivity index (χ1v) is 7.44. The van der Waals surface area contributed by atoms with E-state index < -0.39 is 0 Å². The lowest BCUT2D eigenvalue weighted by Crippen LogP contribution is -2.40. The first-order chi connectivity index (χ1) is 7.31. The Hall–Kier alpha value is 0.270. The van der Waals surface area contributed by atoms with E-state index in [4.69, 9.17) is 5.73 Å². The third-order valence-corrected chi connectivity index (χ3v) is 5.29. The molecule has 2 N–H and O–H groups in total. The van der Waals surface area contributed by atoms with Gasteiger partial charge in [0.2, 0.25) is 0 Å². The minimum absolute atomic E-state index is 0.768. The molecule has 0 aromatic rings. The van der Waals surface area contributed by atoms with Crippen molar-refractivity contribution in [3.05, 3.63) is 0 Å². The molecule has 1 aliphatic heterocycles. The van der Waals surface area contributed by atoms with Crippen molar-refractivity contribution in [1.29, 1.82) is 0 Å². The van der Waals surface area contributed by atoms with Crippen LogP contribution in [0.15, 0.2) is 0 Å². The Balaban J connectivity index is 1.80. The smallest absolute Gasteiger partial charge is 0.0133 e. The third-order valence-electron chi connectivity index (χ3n) is 4.06. The van der Waals surface area contributed by atoms with Crippen LogP contribution in [-0.4, -0.2) is 42.6 Å². The monoisotopic (exact) mass is 228 g/mol. The number of hydrogen-bond donors (Lipinski definition) is 1. The summed E-state index contributed by atoms with van der Waals surface area (Å²) in [6.07, 6.45) is 5.54. The van der Waals surface area contributed by atoms with Crippen LogP contribution in [0, 0.1) is 11.8 Å². The van der Waals surface area contributed by atoms with E-state index in [-0.39, 0.29) is 0 Å². The van der Waals surface area contributed by atoms with Crippen LogP contribution >= 0.6 is 11.8 Å². The molecule has 2 nitrogen and oxygen atoms in total. The highest BCUT2D eigenvalue weighted by atomic mass is 32.2. The van der Waals surface area contributed by atoms with Gasteiger partial charge < -0.3 is 10.6 Å². The zero-order valence-corrected chi connectivity index (χ0v) is 10.6. The van der Waals surface area contributed by atoms with E-state index in [1.165, 1.54) is 43.7 Å². The van der Waals surface area contributed by atoms with Crippen molar-refractivity contribution in [3.63, 3.8) is 0 Å². The maximum absolute atomic E-state index is 5.84. The third kappa shape index (κ3) is 2.89. The molecule has 1 heterocycles. The Morgan fingerprint density at radius 1 is 1.33 bits per heavy atom. The maximum Gasteiger partial charge on any atom is 0.0133 e. The van der Waals surface area contributed by atoms with Gasteiger partial charge in [0, 0.05) is 12.6 Å². The molecule has 2 fully saturated rings. The van der Waals surface area contributed by atoms with E-state index in [0.29, 0.717) is 0 Å². The summed E-state index contributed by atoms with van der Waals surface area (Å²) >= 11 is 2.12. The molecule has 0 amide bonds. The minimum Gasteiger partial charge on any atom is -0.330 e. The van der Waals surface area contributed by atoms with Crippen molar-refractivity contribution < 1.29 is 0 Å². The molecule has 2 rings (SSSR count). The van der Waals surface area contributed by atoms with Gasteiger partial charge in [-0.3, -0.25) is 0 Å². The van der Waals surface area contributed by atoms with Crippen molar-refractivity contribution >= 4 is 11.8 Å². The number of nitrogens with two attached hydrogens (primary N) is 1. The van der Waals surface area contributed by atoms with E-state index in [2.05, 4.69) is 23.7 Å². The van der Waals surface area contributed by atoms with Gasteiger partial charge in [-0.1, -0.05) is 6.42 Å². The normalized spacial score (nSPS) is 36.6. The van der Waals surface area contributed by atoms with Crippen LogP contribution in [0.3, 0.4) is 0 Å². The van der Waals surface area contributed by atoms with Crippen molar-refractivity contribution in [3.8, 4) is 0 Å². The summed E-state index contributed by atoms with van der Waals surface area (Å²) in [5, 5.41) is 0. The molecule has 3 heteroatoms. The summed E-state index contributed by atoms with van der Waals surface area (Å²) < 4.78 is 0. The lowest BCUT2D eigenvalue weighted by Gasteiger charge is -2.31. The van der Waals surface area contributed by atoms with Crippen molar-refractivity contribution in [1.82, 2.24) is 4.90 Å². The zero-order valence-electron chi connectivity index (χ0n) is 9.82. The molecule has 15 heavy (non-hydrogen) atoms. The molecule has 0 bridgehead atoms. The first kappa shape index (κ1) is 11.7. The molecule has 3 unspecified atom stereocenters. The van der Waals surface area contributed by atoms with Crippen molar-refractivity contribution in [2.45, 2.75) is 31.7 Å². The molecule has 1 saturated carbocycles. The lowest BCUT2D eigenvalue weighted by atomic mass is 10.0. The van der Waals surface area contributed by atoms with Gasteiger partial charge in [0.25, 0.3) is 0 Å². The zero-order chi connectivity index (χ0) is 10.7. The first-order valence-electron chi connectivity index (χ1n) is 6.29. The van der Waals surface area contributed by atoms with Gasteiger partial charge in [-0.25, -0.2) is 0 Å². The van der Waals surface area contributed by atoms with Crippen molar-refractivity contribution in [2.24, 2.45) is 17.6 Å². The van der Waals surface area contributed by atoms with Gasteiger partial charge in [0.1, 0.15) is 0 Å². The molecule has 0 aromatic heterocycles. The minimum atomic E-state index is 0.768. The van der Waals surface area contributed by atoms with Gasteiger partial charge >= 0.3 is 0 Å². The van der Waals surface area contributed by atoms with Gasteiger partial charge in [0.15, 0.2) is 0 Å². The van der Waals surface area contributed by atoms with Crippen LogP contribution in [-0.2, 0) is 0 Å². The molecule has 1 saturated heterocycles. The standard InChI is InChI=1S/C12H24N2S/c1-14(8-10-5-6-15-9-10)12-4-2-3-11(12)7-13/h10-12H,2-9,13H2,1H3. The number of rotatable bonds is 4. The summed E-state index contributed by atoms with van der Waals surface area (Å²) in [5.41, 5.74) is 5.84. The highest BCUT2D eigenvalue weighted by Gasteiger charge is 2.30. The average Bonchev–Trinajstić information content (AvgIpc) is 2.86. The molecule has 2 aliphatic rings. The predicted octanol–water partition coefficient (Wildman–Crippen LogP) is 1.80. The molecule has 88 valence electrons. The Morgan fingerprint density at radius 3 is 2.87 bits per heavy atom. The van der Waals surface area contributed by atoms with Crippen LogP contribution < -0.4 is 5.73 Å². The molecular formula is C12H24N2S. The van der Waals surface area contributed by atoms with Crippen LogP contribution in [0.4, 0.5) is 0 Å². The Labute approximate surface area is 98.0 Å². The van der Waals surface area contributed by atoms with Crippen molar-refractivity contribution in [2.75, 3.05) is 31.6 Å². The lowest BCUT2D eigenvalue weighted by molar-refractivity contribution is 0.178. The largest absolute Gasteiger partial charge is 0.330 e. The number of hydrogen-bond acceptors (Lipinski definition) is 3. The molecule has 0 radical (unpaired) electrons. The average molecular weight is 228 g/mol. The number of nitrogens with zero attached hydrogens (tertiary/aromatic N) is 1. The van der Waals surface area contributed by atoms with Gasteiger partial charge in [-0.15, -0.1) is 0 Å². The fraction of sp³-hybridized carbons (Fsp3) is 1.00. The van der Waals surface area contributed by atoms with Crippen LogP contribution in [0.25, 0.3) is 0 Å². The fourth-order valence-electron chi connectivity index (χ4n) is 3.14. The number of thioether (sulfide) groups is 1. The molecule has 3 atom stereocenters. The van der Waals surface area contributed by atoms with E-state index in [1.54, 1.807) is 0 Å². The molecule has 1 aliphatic carbocycles. The summed E-state index contributed by atoms with van der Waals surface area (Å²) in [5.74, 6) is 4.47. The second-order valence-electron chi connectivity index (χ2n) is 5.16. The SMILES string of the molecule is CN(CC1CCSC1)C1CCCC1CN. The second kappa shape index (κ2) is 5.55. The van der Waals surface area contributed by atoms with Gasteiger partial charge in [-0.2, -0.15) is 11.8 Å². The van der Waals surface area contributed by atoms with Crippen LogP contribution in [0.1, 0.15) is 25.7 Å². The fourth-order valence-corrected chi connectivity index (χ4v) is 4.41. The summed E-state index contributed by atoms with van der Waals surface area (Å²) in [6.45, 7) is 2.18. The molecule has 0 aromatic carbocycles. The Kier molecular flexibility index (Phi) is 4.35. The molecular weight excluding hydrogens is 204 g/mol. The van der Waals surface area contributed by atoms with Gasteiger partial charge in [-0.05, 0) is 56.2 Å². The topological polar surface area (TPSA) is 29.3 Å². The summed E-state index contributed by atoms with van der Waals surface area (Å²) in [6, 6.07) is 0.778. The van der Waals surface area contributed by atoms with E-state index in [1.807, 2.05) is 0 Å². The van der Waals surface area contributed by atoms with E-state index >= 15 is 0 Å². The van der Waals surface area contributed by atoms with E-state index in [9.17, 15) is 0 Å². The van der Waals surface area contributed by atoms with Crippen LogP contribution in [0.2, 0.25) is 0 Å². The Bertz CT molecular complexity index is 192. The highest BCUT2D eigenvalue weighted by Crippen LogP contribution is 2.31. The Morgan fingerprint density at radius 2 is 2.20 bits per heavy atom. The summed E-state index contributed by atoms with van der Waals surface area (Å²) in [7, 11) is 2.31. The van der Waals surface area contributed by atoms with Crippen LogP contribution in [0.5, 0.6) is 0 Å². The highest BCUT2D eigenvalue weighted by molar-refractivity contribution is 7.99. The summed E-state index contributed by atoms with van der Waals surface area (Å²) in [4.78, 5) is 2.60. The quantitative estimate of drug-likeness (QED) is 0.795. The van der Waals surface area contributed by atoms with E-state index in [0.717, 1.165) is 24.4 Å². The van der Waals surface area contributed by atoms with Gasteiger partial charge in [0.05, 0.1) is 0 Å². The molecule has 0 spiro atoms. The maximum atomic E-state index is 5.84. The predicted molar refractivity (Wildman–Crippen MR) is 68.2 cm³/mol. The second-order valence-corrected chi connectivity index (χ2v) is 6.31.